The number of methoxy groups -OCH3 is 1. The minimum Gasteiger partial charge on any atom is -0.481 e. The fourth-order valence-electron chi connectivity index (χ4n) is 1.61. The second-order valence-electron chi connectivity index (χ2n) is 4.02. The summed E-state index contributed by atoms with van der Waals surface area (Å²) in [6.45, 7) is 2.05. The second kappa shape index (κ2) is 4.91. The van der Waals surface area contributed by atoms with E-state index < -0.39 is 0 Å². The van der Waals surface area contributed by atoms with Crippen molar-refractivity contribution in [2.75, 3.05) is 24.8 Å². The van der Waals surface area contributed by atoms with Crippen LogP contribution in [0.15, 0.2) is 30.3 Å². The number of hydrogen-bond donors (Lipinski definition) is 1. The molecule has 2 N–H and O–H groups in total. The maximum atomic E-state index is 5.65. The maximum Gasteiger partial charge on any atom is 0.225 e. The number of rotatable bonds is 3. The summed E-state index contributed by atoms with van der Waals surface area (Å²) in [7, 11) is 3.48. The molecule has 1 aromatic carbocycles. The molecule has 0 amide bonds. The van der Waals surface area contributed by atoms with Gasteiger partial charge >= 0.3 is 0 Å². The second-order valence-corrected chi connectivity index (χ2v) is 4.02. The Kier molecular flexibility index (Phi) is 3.32. The normalized spacial score (nSPS) is 10.2. The van der Waals surface area contributed by atoms with Crippen LogP contribution in [-0.4, -0.2) is 24.1 Å². The van der Waals surface area contributed by atoms with Crippen molar-refractivity contribution in [2.24, 2.45) is 0 Å². The van der Waals surface area contributed by atoms with Crippen molar-refractivity contribution in [3.8, 4) is 5.88 Å². The van der Waals surface area contributed by atoms with Gasteiger partial charge < -0.3 is 15.4 Å². The number of aromatic nitrogens is 2. The van der Waals surface area contributed by atoms with Crippen molar-refractivity contribution in [2.45, 2.75) is 6.92 Å². The predicted molar refractivity (Wildman–Crippen MR) is 72.2 cm³/mol. The molecule has 2 aromatic rings. The average Bonchev–Trinajstić information content (AvgIpc) is 2.38. The van der Waals surface area contributed by atoms with Gasteiger partial charge in [0.05, 0.1) is 7.11 Å². The third-order valence-electron chi connectivity index (χ3n) is 2.68. The van der Waals surface area contributed by atoms with Gasteiger partial charge in [0.1, 0.15) is 5.82 Å². The largest absolute Gasteiger partial charge is 0.481 e. The molecule has 0 saturated carbocycles. The summed E-state index contributed by atoms with van der Waals surface area (Å²) < 4.78 is 5.08. The van der Waals surface area contributed by atoms with E-state index in [-0.39, 0.29) is 5.95 Å². The summed E-state index contributed by atoms with van der Waals surface area (Å²) in [5.41, 5.74) is 7.89. The fraction of sp³-hybridized carbons (Fsp3) is 0.231. The highest BCUT2D eigenvalue weighted by atomic mass is 16.5. The van der Waals surface area contributed by atoms with Crippen LogP contribution in [0.2, 0.25) is 0 Å². The Hall–Kier alpha value is -2.30. The van der Waals surface area contributed by atoms with Gasteiger partial charge in [-0.1, -0.05) is 17.7 Å². The topological polar surface area (TPSA) is 64.3 Å². The summed E-state index contributed by atoms with van der Waals surface area (Å²) >= 11 is 0. The molecule has 0 aliphatic rings. The Balaban J connectivity index is 2.35. The van der Waals surface area contributed by atoms with E-state index in [1.54, 1.807) is 13.2 Å². The van der Waals surface area contributed by atoms with E-state index in [9.17, 15) is 0 Å². The van der Waals surface area contributed by atoms with Gasteiger partial charge in [0.25, 0.3) is 0 Å². The van der Waals surface area contributed by atoms with E-state index in [4.69, 9.17) is 10.5 Å². The summed E-state index contributed by atoms with van der Waals surface area (Å²) in [6, 6.07) is 9.90. The molecule has 0 unspecified atom stereocenters. The van der Waals surface area contributed by atoms with Crippen LogP contribution in [0.3, 0.4) is 0 Å². The number of aryl methyl sites for hydroxylation is 1. The number of nitrogen functional groups attached to an aromatic ring is 1. The molecular weight excluding hydrogens is 228 g/mol. The third-order valence-corrected chi connectivity index (χ3v) is 2.68. The number of nitrogens with two attached hydrogens (primary N) is 1. The minimum atomic E-state index is 0.198. The lowest BCUT2D eigenvalue weighted by Gasteiger charge is -2.19. The van der Waals surface area contributed by atoms with Gasteiger partial charge in [0.15, 0.2) is 0 Å². The minimum absolute atomic E-state index is 0.198. The molecule has 0 aliphatic heterocycles. The molecule has 0 saturated heterocycles. The van der Waals surface area contributed by atoms with Gasteiger partial charge in [0, 0.05) is 18.8 Å². The van der Waals surface area contributed by atoms with Crippen LogP contribution in [-0.2, 0) is 0 Å². The molecule has 2 rings (SSSR count). The molecule has 5 heteroatoms. The van der Waals surface area contributed by atoms with Crippen molar-refractivity contribution in [1.29, 1.82) is 0 Å². The highest BCUT2D eigenvalue weighted by Crippen LogP contribution is 2.24. The number of ether oxygens (including phenoxy) is 1. The van der Waals surface area contributed by atoms with Crippen LogP contribution in [0.1, 0.15) is 5.56 Å². The van der Waals surface area contributed by atoms with Crippen molar-refractivity contribution >= 4 is 17.5 Å². The van der Waals surface area contributed by atoms with Crippen molar-refractivity contribution < 1.29 is 4.74 Å². The standard InChI is InChI=1S/C13H16N4O/c1-9-4-6-10(7-5-9)17(2)11-8-12(18-3)16-13(14)15-11/h4-8H,1-3H3,(H2,14,15,16). The monoisotopic (exact) mass is 244 g/mol. The zero-order valence-electron chi connectivity index (χ0n) is 10.7. The van der Waals surface area contributed by atoms with Crippen LogP contribution in [0, 0.1) is 6.92 Å². The summed E-state index contributed by atoms with van der Waals surface area (Å²) in [5.74, 6) is 1.35. The van der Waals surface area contributed by atoms with Gasteiger partial charge in [-0.25, -0.2) is 0 Å². The molecule has 0 aliphatic carbocycles. The van der Waals surface area contributed by atoms with Gasteiger partial charge in [-0.15, -0.1) is 0 Å². The first-order valence-corrected chi connectivity index (χ1v) is 5.59. The van der Waals surface area contributed by atoms with Crippen LogP contribution < -0.4 is 15.4 Å². The molecule has 94 valence electrons. The van der Waals surface area contributed by atoms with Crippen molar-refractivity contribution in [3.05, 3.63) is 35.9 Å². The van der Waals surface area contributed by atoms with E-state index in [1.807, 2.05) is 36.2 Å². The fourth-order valence-corrected chi connectivity index (χ4v) is 1.61. The van der Waals surface area contributed by atoms with Crippen molar-refractivity contribution in [3.63, 3.8) is 0 Å². The van der Waals surface area contributed by atoms with E-state index in [0.29, 0.717) is 11.7 Å². The number of hydrogen-bond acceptors (Lipinski definition) is 5. The number of nitrogens with zero attached hydrogens (tertiary/aromatic N) is 3. The molecular formula is C13H16N4O. The van der Waals surface area contributed by atoms with Crippen LogP contribution in [0.4, 0.5) is 17.5 Å². The van der Waals surface area contributed by atoms with Crippen molar-refractivity contribution in [1.82, 2.24) is 9.97 Å². The van der Waals surface area contributed by atoms with Gasteiger partial charge in [-0.2, -0.15) is 9.97 Å². The number of anilines is 3. The summed E-state index contributed by atoms with van der Waals surface area (Å²) in [5, 5.41) is 0. The van der Waals surface area contributed by atoms with Crippen LogP contribution in [0.25, 0.3) is 0 Å². The van der Waals surface area contributed by atoms with E-state index >= 15 is 0 Å². The lowest BCUT2D eigenvalue weighted by Crippen LogP contribution is -2.13. The molecule has 5 nitrogen and oxygen atoms in total. The molecule has 1 heterocycles. The quantitative estimate of drug-likeness (QED) is 0.896. The average molecular weight is 244 g/mol. The van der Waals surface area contributed by atoms with Gasteiger partial charge in [-0.3, -0.25) is 0 Å². The molecule has 0 atom stereocenters. The number of benzene rings is 1. The molecule has 1 aromatic heterocycles. The molecule has 0 radical (unpaired) electrons. The first kappa shape index (κ1) is 12.2. The Morgan fingerprint density at radius 3 is 2.44 bits per heavy atom. The SMILES string of the molecule is COc1cc(N(C)c2ccc(C)cc2)nc(N)n1. The molecule has 0 spiro atoms. The van der Waals surface area contributed by atoms with E-state index in [1.165, 1.54) is 5.56 Å². The first-order valence-electron chi connectivity index (χ1n) is 5.59. The van der Waals surface area contributed by atoms with Crippen LogP contribution in [0.5, 0.6) is 5.88 Å². The Morgan fingerprint density at radius 2 is 1.83 bits per heavy atom. The predicted octanol–water partition coefficient (Wildman–Crippen LogP) is 2.14. The van der Waals surface area contributed by atoms with Gasteiger partial charge in [0.2, 0.25) is 11.8 Å². The Bertz CT molecular complexity index is 539. The zero-order valence-corrected chi connectivity index (χ0v) is 10.7. The molecule has 18 heavy (non-hydrogen) atoms. The van der Waals surface area contributed by atoms with Crippen LogP contribution >= 0.6 is 0 Å². The van der Waals surface area contributed by atoms with E-state index in [0.717, 1.165) is 5.69 Å². The van der Waals surface area contributed by atoms with E-state index in [2.05, 4.69) is 16.9 Å². The Morgan fingerprint density at radius 1 is 1.17 bits per heavy atom. The molecule has 0 fully saturated rings. The highest BCUT2D eigenvalue weighted by molar-refractivity contribution is 5.61. The zero-order chi connectivity index (χ0) is 13.1. The lowest BCUT2D eigenvalue weighted by molar-refractivity contribution is 0.398. The summed E-state index contributed by atoms with van der Waals surface area (Å²) in [6.07, 6.45) is 0. The highest BCUT2D eigenvalue weighted by Gasteiger charge is 2.08. The summed E-state index contributed by atoms with van der Waals surface area (Å²) in [4.78, 5) is 10.1. The third kappa shape index (κ3) is 2.51. The molecule has 0 bridgehead atoms. The Labute approximate surface area is 106 Å². The van der Waals surface area contributed by atoms with Gasteiger partial charge in [-0.05, 0) is 19.1 Å². The maximum absolute atomic E-state index is 5.65. The smallest absolute Gasteiger partial charge is 0.225 e. The first-order chi connectivity index (χ1) is 8.60. The lowest BCUT2D eigenvalue weighted by atomic mass is 10.2.